The zero-order valence-electron chi connectivity index (χ0n) is 11.5. The highest BCUT2D eigenvalue weighted by atomic mass is 19.4. The number of alkyl halides is 3. The largest absolute Gasteiger partial charge is 0.416 e. The van der Waals surface area contributed by atoms with E-state index in [9.17, 15) is 13.2 Å². The maximum atomic E-state index is 12.4. The van der Waals surface area contributed by atoms with E-state index in [-0.39, 0.29) is 6.04 Å². The first-order valence-electron chi connectivity index (χ1n) is 6.44. The topological polar surface area (TPSA) is 30.5 Å². The van der Waals surface area contributed by atoms with Crippen LogP contribution in [0.3, 0.4) is 0 Å². The lowest BCUT2D eigenvalue weighted by Gasteiger charge is -2.35. The smallest absolute Gasteiger partial charge is 0.349 e. The second-order valence-corrected chi connectivity index (χ2v) is 5.29. The summed E-state index contributed by atoms with van der Waals surface area (Å²) in [5.74, 6) is -0.563. The van der Waals surface area contributed by atoms with E-state index < -0.39 is 17.5 Å². The first kappa shape index (κ1) is 15.3. The molecule has 0 atom stereocenters. The lowest BCUT2D eigenvalue weighted by molar-refractivity contribution is -0.253. The van der Waals surface area contributed by atoms with Gasteiger partial charge in [-0.2, -0.15) is 13.2 Å². The Labute approximate surface area is 116 Å². The summed E-state index contributed by atoms with van der Waals surface area (Å²) in [4.78, 5) is 0. The minimum atomic E-state index is -4.29. The summed E-state index contributed by atoms with van der Waals surface area (Å²) >= 11 is 0. The van der Waals surface area contributed by atoms with Crippen molar-refractivity contribution in [2.75, 3.05) is 13.2 Å². The van der Waals surface area contributed by atoms with Crippen molar-refractivity contribution in [3.05, 3.63) is 35.4 Å². The number of hydrogen-bond donors (Lipinski definition) is 1. The number of halogens is 3. The van der Waals surface area contributed by atoms with Crippen molar-refractivity contribution < 1.29 is 22.6 Å². The van der Waals surface area contributed by atoms with Gasteiger partial charge in [0.25, 0.3) is 0 Å². The molecule has 2 rings (SSSR count). The first-order chi connectivity index (χ1) is 9.26. The Morgan fingerprint density at radius 3 is 2.20 bits per heavy atom. The number of benzene rings is 1. The van der Waals surface area contributed by atoms with Crippen LogP contribution in [0.1, 0.15) is 25.0 Å². The van der Waals surface area contributed by atoms with E-state index in [0.717, 1.165) is 17.7 Å². The molecule has 0 spiro atoms. The van der Waals surface area contributed by atoms with E-state index in [1.807, 2.05) is 13.8 Å². The number of ether oxygens (including phenoxy) is 2. The summed E-state index contributed by atoms with van der Waals surface area (Å²) in [7, 11) is 0. The summed E-state index contributed by atoms with van der Waals surface area (Å²) in [6.07, 6.45) is -4.29. The summed E-state index contributed by atoms with van der Waals surface area (Å²) in [5.41, 5.74) is 0.162. The molecule has 1 N–H and O–H groups in total. The lowest BCUT2D eigenvalue weighted by Crippen LogP contribution is -2.48. The second kappa shape index (κ2) is 5.71. The molecule has 1 saturated heterocycles. The zero-order valence-corrected chi connectivity index (χ0v) is 11.5. The van der Waals surface area contributed by atoms with Gasteiger partial charge < -0.3 is 14.8 Å². The molecule has 1 aromatic rings. The van der Waals surface area contributed by atoms with Crippen molar-refractivity contribution >= 4 is 0 Å². The third-order valence-electron chi connectivity index (χ3n) is 3.14. The number of hydrogen-bond acceptors (Lipinski definition) is 3. The minimum Gasteiger partial charge on any atom is -0.349 e. The molecule has 1 fully saturated rings. The van der Waals surface area contributed by atoms with Crippen LogP contribution in [0.15, 0.2) is 24.3 Å². The van der Waals surface area contributed by atoms with E-state index in [2.05, 4.69) is 5.32 Å². The fourth-order valence-electron chi connectivity index (χ4n) is 1.88. The quantitative estimate of drug-likeness (QED) is 0.928. The standard InChI is InChI=1S/C14H18F3NO2/c1-13(2)19-8-12(9-20-13)18-7-10-3-5-11(6-4-10)14(15,16)17/h3-6,12,18H,7-9H2,1-2H3. The molecule has 6 heteroatoms. The fraction of sp³-hybridized carbons (Fsp3) is 0.571. The van der Waals surface area contributed by atoms with Gasteiger partial charge in [0.1, 0.15) is 0 Å². The van der Waals surface area contributed by atoms with Crippen LogP contribution in [0, 0.1) is 0 Å². The normalized spacial score (nSPS) is 20.1. The van der Waals surface area contributed by atoms with Gasteiger partial charge in [0.2, 0.25) is 0 Å². The van der Waals surface area contributed by atoms with Crippen molar-refractivity contribution in [3.8, 4) is 0 Å². The van der Waals surface area contributed by atoms with E-state index >= 15 is 0 Å². The van der Waals surface area contributed by atoms with Gasteiger partial charge in [-0.25, -0.2) is 0 Å². The highest BCUT2D eigenvalue weighted by molar-refractivity contribution is 5.24. The van der Waals surface area contributed by atoms with Crippen molar-refractivity contribution in [2.45, 2.75) is 38.4 Å². The van der Waals surface area contributed by atoms with Crippen molar-refractivity contribution in [1.82, 2.24) is 5.32 Å². The van der Waals surface area contributed by atoms with Crippen LogP contribution in [0.25, 0.3) is 0 Å². The molecular formula is C14H18F3NO2. The van der Waals surface area contributed by atoms with Crippen molar-refractivity contribution in [2.24, 2.45) is 0 Å². The average Bonchev–Trinajstić information content (AvgIpc) is 2.37. The molecule has 0 bridgehead atoms. The molecule has 0 aromatic heterocycles. The molecule has 112 valence electrons. The third kappa shape index (κ3) is 4.19. The molecule has 1 heterocycles. The molecule has 0 aliphatic carbocycles. The first-order valence-corrected chi connectivity index (χ1v) is 6.44. The van der Waals surface area contributed by atoms with Crippen LogP contribution in [0.5, 0.6) is 0 Å². The van der Waals surface area contributed by atoms with Crippen LogP contribution in [0.2, 0.25) is 0 Å². The van der Waals surface area contributed by atoms with Gasteiger partial charge in [0.15, 0.2) is 5.79 Å². The lowest BCUT2D eigenvalue weighted by atomic mass is 10.1. The van der Waals surface area contributed by atoms with Gasteiger partial charge in [-0.05, 0) is 31.5 Å². The van der Waals surface area contributed by atoms with Gasteiger partial charge >= 0.3 is 6.18 Å². The molecule has 0 unspecified atom stereocenters. The molecule has 0 radical (unpaired) electrons. The van der Waals surface area contributed by atoms with E-state index in [1.165, 1.54) is 12.1 Å². The van der Waals surface area contributed by atoms with E-state index in [0.29, 0.717) is 19.8 Å². The molecule has 0 amide bonds. The summed E-state index contributed by atoms with van der Waals surface area (Å²) in [5, 5.41) is 3.20. The summed E-state index contributed by atoms with van der Waals surface area (Å²) in [6.45, 7) is 5.22. The van der Waals surface area contributed by atoms with E-state index in [1.54, 1.807) is 0 Å². The molecule has 3 nitrogen and oxygen atoms in total. The predicted octanol–water partition coefficient (Wildman–Crippen LogP) is 2.95. The zero-order chi connectivity index (χ0) is 14.8. The van der Waals surface area contributed by atoms with Crippen LogP contribution < -0.4 is 5.32 Å². The van der Waals surface area contributed by atoms with E-state index in [4.69, 9.17) is 9.47 Å². The average molecular weight is 289 g/mol. The summed E-state index contributed by atoms with van der Waals surface area (Å²) < 4.78 is 48.3. The highest BCUT2D eigenvalue weighted by Gasteiger charge is 2.30. The Balaban J connectivity index is 1.83. The van der Waals surface area contributed by atoms with Crippen LogP contribution >= 0.6 is 0 Å². The third-order valence-corrected chi connectivity index (χ3v) is 3.14. The molecule has 1 aliphatic heterocycles. The highest BCUT2D eigenvalue weighted by Crippen LogP contribution is 2.29. The fourth-order valence-corrected chi connectivity index (χ4v) is 1.88. The Bertz CT molecular complexity index is 433. The van der Waals surface area contributed by atoms with Gasteiger partial charge in [-0.1, -0.05) is 12.1 Å². The summed E-state index contributed by atoms with van der Waals surface area (Å²) in [6, 6.07) is 5.18. The molecule has 20 heavy (non-hydrogen) atoms. The minimum absolute atomic E-state index is 0.0466. The van der Waals surface area contributed by atoms with Gasteiger partial charge in [0.05, 0.1) is 24.8 Å². The SMILES string of the molecule is CC1(C)OCC(NCc2ccc(C(F)(F)F)cc2)CO1. The molecule has 1 aliphatic rings. The maximum Gasteiger partial charge on any atom is 0.416 e. The van der Waals surface area contributed by atoms with Crippen molar-refractivity contribution in [1.29, 1.82) is 0 Å². The molecular weight excluding hydrogens is 271 g/mol. The van der Waals surface area contributed by atoms with Gasteiger partial charge in [-0.3, -0.25) is 0 Å². The van der Waals surface area contributed by atoms with Crippen LogP contribution in [-0.4, -0.2) is 25.0 Å². The van der Waals surface area contributed by atoms with Crippen LogP contribution in [-0.2, 0) is 22.2 Å². The second-order valence-electron chi connectivity index (χ2n) is 5.29. The Kier molecular flexibility index (Phi) is 4.36. The number of nitrogens with one attached hydrogen (secondary N) is 1. The Morgan fingerprint density at radius 2 is 1.70 bits per heavy atom. The van der Waals surface area contributed by atoms with Crippen LogP contribution in [0.4, 0.5) is 13.2 Å². The number of rotatable bonds is 3. The van der Waals surface area contributed by atoms with Crippen molar-refractivity contribution in [3.63, 3.8) is 0 Å². The van der Waals surface area contributed by atoms with Gasteiger partial charge in [0, 0.05) is 6.54 Å². The Hall–Kier alpha value is -1.11. The molecule has 1 aromatic carbocycles. The monoisotopic (exact) mass is 289 g/mol. The molecule has 0 saturated carbocycles. The van der Waals surface area contributed by atoms with Gasteiger partial charge in [-0.15, -0.1) is 0 Å². The maximum absolute atomic E-state index is 12.4. The Morgan fingerprint density at radius 1 is 1.15 bits per heavy atom. The predicted molar refractivity (Wildman–Crippen MR) is 68.1 cm³/mol.